The molecule has 0 amide bonds. The summed E-state index contributed by atoms with van der Waals surface area (Å²) in [5, 5.41) is 0. The van der Waals surface area contributed by atoms with Crippen molar-refractivity contribution in [1.82, 2.24) is 0 Å². The molecule has 1 rings (SSSR count). The van der Waals surface area contributed by atoms with Crippen LogP contribution in [0.1, 0.15) is 10.6 Å². The monoisotopic (exact) mass is 136 g/mol. The average molecular weight is 136 g/mol. The fourth-order valence-corrected chi connectivity index (χ4v) is 0.535. The third kappa shape index (κ3) is 1.18. The van der Waals surface area contributed by atoms with Gasteiger partial charge in [0.05, 0.1) is 6.26 Å². The van der Waals surface area contributed by atoms with Gasteiger partial charge < -0.3 is 9.95 Å². The van der Waals surface area contributed by atoms with Crippen LogP contribution in [-0.2, 0) is 0 Å². The fourth-order valence-electron chi connectivity index (χ4n) is 0.535. The van der Waals surface area contributed by atoms with Crippen molar-refractivity contribution in [1.29, 1.82) is 0 Å². The van der Waals surface area contributed by atoms with Crippen molar-refractivity contribution in [3.8, 4) is 0 Å². The van der Waals surface area contributed by atoms with Gasteiger partial charge in [-0.15, -0.1) is 0 Å². The standard InChI is InChI=1S/C6H4N2O2/c7-8-4-5(9)6-2-1-3-10-6/h1-4H. The molecule has 4 nitrogen and oxygen atoms in total. The summed E-state index contributed by atoms with van der Waals surface area (Å²) in [6, 6.07) is 3.07. The molecule has 0 aliphatic heterocycles. The SMILES string of the molecule is [N-]=[N+]=CC(=O)c1ccco1. The van der Waals surface area contributed by atoms with E-state index in [1.807, 2.05) is 0 Å². The van der Waals surface area contributed by atoms with Crippen molar-refractivity contribution in [3.05, 3.63) is 29.7 Å². The summed E-state index contributed by atoms with van der Waals surface area (Å²) in [4.78, 5) is 13.3. The first-order valence-corrected chi connectivity index (χ1v) is 2.60. The van der Waals surface area contributed by atoms with Crippen LogP contribution >= 0.6 is 0 Å². The first kappa shape index (κ1) is 6.45. The Morgan fingerprint density at radius 2 is 2.60 bits per heavy atom. The van der Waals surface area contributed by atoms with Gasteiger partial charge in [-0.25, -0.2) is 0 Å². The van der Waals surface area contributed by atoms with Crippen LogP contribution in [0.3, 0.4) is 0 Å². The minimum atomic E-state index is -0.451. The molecule has 1 heterocycles. The molecular formula is C6H4N2O2. The smallest absolute Gasteiger partial charge is 0.331 e. The molecule has 50 valence electrons. The lowest BCUT2D eigenvalue weighted by Gasteiger charge is -1.77. The summed E-state index contributed by atoms with van der Waals surface area (Å²) in [5.41, 5.74) is 7.94. The number of rotatable bonds is 2. The quantitative estimate of drug-likeness (QED) is 0.261. The van der Waals surface area contributed by atoms with Crippen LogP contribution in [0.4, 0.5) is 0 Å². The van der Waals surface area contributed by atoms with Crippen molar-refractivity contribution < 1.29 is 14.0 Å². The van der Waals surface area contributed by atoms with Crippen LogP contribution in [0, 0.1) is 0 Å². The van der Waals surface area contributed by atoms with Gasteiger partial charge in [0.2, 0.25) is 0 Å². The zero-order valence-corrected chi connectivity index (χ0v) is 5.02. The first-order chi connectivity index (χ1) is 4.84. The van der Waals surface area contributed by atoms with Crippen LogP contribution < -0.4 is 0 Å². The van der Waals surface area contributed by atoms with E-state index in [1.165, 1.54) is 12.3 Å². The van der Waals surface area contributed by atoms with E-state index in [0.717, 1.165) is 6.21 Å². The number of furan rings is 1. The Labute approximate surface area is 56.7 Å². The normalized spacial score (nSPS) is 8.40. The minimum Gasteiger partial charge on any atom is -0.461 e. The molecule has 0 aromatic carbocycles. The summed E-state index contributed by atoms with van der Waals surface area (Å²) in [6.45, 7) is 0. The van der Waals surface area contributed by atoms with E-state index in [4.69, 9.17) is 9.95 Å². The number of Topliss-reactive ketones (excluding diaryl/α,β-unsaturated/α-hetero) is 1. The maximum absolute atomic E-state index is 10.7. The highest BCUT2D eigenvalue weighted by Gasteiger charge is 2.08. The predicted octanol–water partition coefficient (Wildman–Crippen LogP) is 0.763. The zero-order valence-electron chi connectivity index (χ0n) is 5.02. The highest BCUT2D eigenvalue weighted by Crippen LogP contribution is 1.98. The molecule has 0 atom stereocenters. The molecule has 10 heavy (non-hydrogen) atoms. The van der Waals surface area contributed by atoms with Gasteiger partial charge >= 0.3 is 12.0 Å². The predicted molar refractivity (Wildman–Crippen MR) is 32.7 cm³/mol. The molecule has 0 radical (unpaired) electrons. The second kappa shape index (κ2) is 2.75. The molecule has 1 aromatic rings. The van der Waals surface area contributed by atoms with Gasteiger partial charge in [0.25, 0.3) is 0 Å². The lowest BCUT2D eigenvalue weighted by Crippen LogP contribution is -1.97. The molecule has 0 aliphatic rings. The van der Waals surface area contributed by atoms with Gasteiger partial charge in [-0.2, -0.15) is 4.79 Å². The topological polar surface area (TPSA) is 66.6 Å². The molecule has 0 saturated heterocycles. The van der Waals surface area contributed by atoms with Crippen LogP contribution in [-0.4, -0.2) is 16.8 Å². The molecule has 0 N–H and O–H groups in total. The maximum atomic E-state index is 10.7. The second-order valence-corrected chi connectivity index (χ2v) is 1.59. The molecule has 0 unspecified atom stereocenters. The Kier molecular flexibility index (Phi) is 1.78. The van der Waals surface area contributed by atoms with Gasteiger partial charge in [0, 0.05) is 0 Å². The van der Waals surface area contributed by atoms with E-state index in [-0.39, 0.29) is 5.76 Å². The summed E-state index contributed by atoms with van der Waals surface area (Å²) < 4.78 is 4.70. The largest absolute Gasteiger partial charge is 0.461 e. The number of carbonyl (C=O) groups is 1. The highest BCUT2D eigenvalue weighted by atomic mass is 16.3. The van der Waals surface area contributed by atoms with Crippen LogP contribution in [0.5, 0.6) is 0 Å². The molecule has 0 fully saturated rings. The molecular weight excluding hydrogens is 132 g/mol. The maximum Gasteiger partial charge on any atom is 0.331 e. The van der Waals surface area contributed by atoms with Gasteiger partial charge in [-0.1, -0.05) is 0 Å². The van der Waals surface area contributed by atoms with Gasteiger partial charge in [0.15, 0.2) is 5.76 Å². The van der Waals surface area contributed by atoms with Crippen LogP contribution in [0.25, 0.3) is 5.53 Å². The minimum absolute atomic E-state index is 0.165. The third-order valence-electron chi connectivity index (χ3n) is 0.939. The number of ketones is 1. The Morgan fingerprint density at radius 1 is 1.80 bits per heavy atom. The Balaban J connectivity index is 2.87. The molecule has 4 heteroatoms. The first-order valence-electron chi connectivity index (χ1n) is 2.60. The van der Waals surface area contributed by atoms with E-state index in [1.54, 1.807) is 6.07 Å². The molecule has 1 aromatic heterocycles. The number of hydrogen-bond donors (Lipinski definition) is 0. The van der Waals surface area contributed by atoms with Crippen LogP contribution in [0.15, 0.2) is 22.8 Å². The fraction of sp³-hybridized carbons (Fsp3) is 0. The summed E-state index contributed by atoms with van der Waals surface area (Å²) in [6.07, 6.45) is 2.15. The van der Waals surface area contributed by atoms with Crippen LogP contribution in [0.2, 0.25) is 0 Å². The van der Waals surface area contributed by atoms with Gasteiger partial charge in [-0.3, -0.25) is 4.79 Å². The average Bonchev–Trinajstić information content (AvgIpc) is 2.38. The lowest BCUT2D eigenvalue weighted by atomic mass is 10.3. The Morgan fingerprint density at radius 3 is 3.10 bits per heavy atom. The summed E-state index contributed by atoms with van der Waals surface area (Å²) in [5.74, 6) is -0.287. The summed E-state index contributed by atoms with van der Waals surface area (Å²) in [7, 11) is 0. The van der Waals surface area contributed by atoms with E-state index < -0.39 is 5.78 Å². The number of hydrogen-bond acceptors (Lipinski definition) is 2. The Bertz CT molecular complexity index is 270. The van der Waals surface area contributed by atoms with E-state index in [2.05, 4.69) is 4.79 Å². The zero-order chi connectivity index (χ0) is 7.40. The third-order valence-corrected chi connectivity index (χ3v) is 0.939. The molecule has 0 spiro atoms. The van der Waals surface area contributed by atoms with Crippen molar-refractivity contribution >= 4 is 12.0 Å². The molecule has 0 bridgehead atoms. The second-order valence-electron chi connectivity index (χ2n) is 1.59. The van der Waals surface area contributed by atoms with Crippen molar-refractivity contribution in [2.24, 2.45) is 0 Å². The van der Waals surface area contributed by atoms with E-state index >= 15 is 0 Å². The van der Waals surface area contributed by atoms with Gasteiger partial charge in [-0.05, 0) is 12.1 Å². The lowest BCUT2D eigenvalue weighted by molar-refractivity contribution is 0.00210. The van der Waals surface area contributed by atoms with Crippen molar-refractivity contribution in [2.75, 3.05) is 0 Å². The van der Waals surface area contributed by atoms with E-state index in [9.17, 15) is 4.79 Å². The summed E-state index contributed by atoms with van der Waals surface area (Å²) >= 11 is 0. The Hall–Kier alpha value is -1.67. The van der Waals surface area contributed by atoms with E-state index in [0.29, 0.717) is 0 Å². The van der Waals surface area contributed by atoms with Gasteiger partial charge in [0.1, 0.15) is 0 Å². The highest BCUT2D eigenvalue weighted by molar-refractivity contribution is 6.32. The number of nitrogens with zero attached hydrogens (tertiary/aromatic N) is 2. The van der Waals surface area contributed by atoms with Crippen molar-refractivity contribution in [2.45, 2.75) is 0 Å². The number of carbonyl (C=O) groups excluding carboxylic acids is 1. The molecule has 0 aliphatic carbocycles. The molecule has 0 saturated carbocycles. The van der Waals surface area contributed by atoms with Crippen molar-refractivity contribution in [3.63, 3.8) is 0 Å².